The number of aliphatic hydroxyl groups is 1. The lowest BCUT2D eigenvalue weighted by atomic mass is 10.1. The third-order valence-electron chi connectivity index (χ3n) is 2.76. The highest BCUT2D eigenvalue weighted by Gasteiger charge is 2.18. The summed E-state index contributed by atoms with van der Waals surface area (Å²) in [4.78, 5) is 12.4. The van der Waals surface area contributed by atoms with Crippen molar-refractivity contribution >= 4 is 11.4 Å². The van der Waals surface area contributed by atoms with Gasteiger partial charge in [0.1, 0.15) is 0 Å². The summed E-state index contributed by atoms with van der Waals surface area (Å²) >= 11 is 0. The van der Waals surface area contributed by atoms with E-state index < -0.39 is 10.5 Å². The van der Waals surface area contributed by atoms with E-state index in [0.717, 1.165) is 17.8 Å². The number of anilines is 1. The Morgan fingerprint density at radius 1 is 1.45 bits per heavy atom. The van der Waals surface area contributed by atoms with Crippen LogP contribution in [0, 0.1) is 10.1 Å². The Kier molecular flexibility index (Phi) is 5.47. The van der Waals surface area contributed by atoms with Crippen molar-refractivity contribution in [1.82, 2.24) is 4.90 Å². The number of hydrogen-bond donors (Lipinski definition) is 2. The van der Waals surface area contributed by atoms with Crippen LogP contribution >= 0.6 is 0 Å². The third kappa shape index (κ3) is 5.14. The van der Waals surface area contributed by atoms with Gasteiger partial charge in [0.15, 0.2) is 0 Å². The van der Waals surface area contributed by atoms with Gasteiger partial charge in [0.25, 0.3) is 5.69 Å². The Morgan fingerprint density at radius 3 is 2.60 bits per heavy atom. The smallest absolute Gasteiger partial charge is 0.269 e. The summed E-state index contributed by atoms with van der Waals surface area (Å²) in [6.45, 7) is 7.23. The highest BCUT2D eigenvalue weighted by molar-refractivity contribution is 5.56. The summed E-state index contributed by atoms with van der Waals surface area (Å²) in [7, 11) is 1.88. The molecule has 0 aliphatic rings. The van der Waals surface area contributed by atoms with E-state index in [2.05, 4.69) is 5.32 Å². The first-order chi connectivity index (χ1) is 9.23. The minimum atomic E-state index is -0.798. The first-order valence-electron chi connectivity index (χ1n) is 6.65. The van der Waals surface area contributed by atoms with Crippen LogP contribution in [0.25, 0.3) is 0 Å². The SMILES string of the molecule is CCNc1ccc([N+](=O)[O-])cc1CN(C)CC(C)(C)O. The van der Waals surface area contributed by atoms with Crippen LogP contribution in [0.1, 0.15) is 26.3 Å². The average molecular weight is 281 g/mol. The first kappa shape index (κ1) is 16.4. The molecule has 0 saturated carbocycles. The lowest BCUT2D eigenvalue weighted by molar-refractivity contribution is -0.384. The van der Waals surface area contributed by atoms with Crippen molar-refractivity contribution in [2.75, 3.05) is 25.5 Å². The second kappa shape index (κ2) is 6.67. The molecule has 0 saturated heterocycles. The quantitative estimate of drug-likeness (QED) is 0.592. The molecule has 6 heteroatoms. The van der Waals surface area contributed by atoms with E-state index >= 15 is 0 Å². The van der Waals surface area contributed by atoms with Crippen molar-refractivity contribution in [3.8, 4) is 0 Å². The monoisotopic (exact) mass is 281 g/mol. The van der Waals surface area contributed by atoms with E-state index in [1.165, 1.54) is 6.07 Å². The van der Waals surface area contributed by atoms with E-state index in [0.29, 0.717) is 13.1 Å². The molecule has 2 N–H and O–H groups in total. The number of hydrogen-bond acceptors (Lipinski definition) is 5. The summed E-state index contributed by atoms with van der Waals surface area (Å²) in [5.74, 6) is 0. The molecule has 0 heterocycles. The minimum absolute atomic E-state index is 0.0818. The van der Waals surface area contributed by atoms with E-state index in [9.17, 15) is 15.2 Å². The second-order valence-corrected chi connectivity index (χ2v) is 5.61. The van der Waals surface area contributed by atoms with Crippen LogP contribution in [0.3, 0.4) is 0 Å². The number of rotatable bonds is 7. The summed E-state index contributed by atoms with van der Waals surface area (Å²) < 4.78 is 0. The Balaban J connectivity index is 2.94. The Morgan fingerprint density at radius 2 is 2.10 bits per heavy atom. The van der Waals surface area contributed by atoms with Gasteiger partial charge in [-0.3, -0.25) is 15.0 Å². The van der Waals surface area contributed by atoms with Gasteiger partial charge in [-0.15, -0.1) is 0 Å². The topological polar surface area (TPSA) is 78.6 Å². The van der Waals surface area contributed by atoms with Gasteiger partial charge in [-0.25, -0.2) is 0 Å². The van der Waals surface area contributed by atoms with Gasteiger partial charge in [-0.2, -0.15) is 0 Å². The van der Waals surface area contributed by atoms with E-state index in [1.54, 1.807) is 26.0 Å². The fourth-order valence-electron chi connectivity index (χ4n) is 2.19. The molecular formula is C14H23N3O3. The van der Waals surface area contributed by atoms with Crippen LogP contribution in [-0.4, -0.2) is 40.7 Å². The molecule has 0 radical (unpaired) electrons. The standard InChI is InChI=1S/C14H23N3O3/c1-5-15-13-7-6-12(17(19)20)8-11(13)9-16(4)10-14(2,3)18/h6-8,15,18H,5,9-10H2,1-4H3. The molecule has 20 heavy (non-hydrogen) atoms. The predicted octanol–water partition coefficient (Wildman–Crippen LogP) is 2.23. The molecule has 0 aliphatic heterocycles. The number of benzene rings is 1. The maximum absolute atomic E-state index is 10.9. The zero-order valence-corrected chi connectivity index (χ0v) is 12.5. The molecule has 0 aliphatic carbocycles. The van der Waals surface area contributed by atoms with Gasteiger partial charge >= 0.3 is 0 Å². The van der Waals surface area contributed by atoms with Gasteiger partial charge in [0.05, 0.1) is 10.5 Å². The van der Waals surface area contributed by atoms with Crippen molar-refractivity contribution in [2.45, 2.75) is 32.9 Å². The van der Waals surface area contributed by atoms with Crippen molar-refractivity contribution < 1.29 is 10.0 Å². The van der Waals surface area contributed by atoms with Crippen molar-refractivity contribution in [3.63, 3.8) is 0 Å². The molecule has 0 bridgehead atoms. The fourth-order valence-corrected chi connectivity index (χ4v) is 2.19. The molecule has 0 fully saturated rings. The Hall–Kier alpha value is -1.66. The maximum atomic E-state index is 10.9. The Labute approximate surface area is 119 Å². The number of likely N-dealkylation sites (N-methyl/N-ethyl adjacent to an activating group) is 1. The lowest BCUT2D eigenvalue weighted by Gasteiger charge is -2.26. The number of nitro groups is 1. The number of nitrogens with one attached hydrogen (secondary N) is 1. The molecule has 6 nitrogen and oxygen atoms in total. The van der Waals surface area contributed by atoms with Crippen LogP contribution in [0.4, 0.5) is 11.4 Å². The van der Waals surface area contributed by atoms with Crippen molar-refractivity contribution in [2.24, 2.45) is 0 Å². The first-order valence-corrected chi connectivity index (χ1v) is 6.65. The molecule has 1 rings (SSSR count). The molecule has 0 aromatic heterocycles. The second-order valence-electron chi connectivity index (χ2n) is 5.61. The van der Waals surface area contributed by atoms with Crippen LogP contribution in [0.2, 0.25) is 0 Å². The fraction of sp³-hybridized carbons (Fsp3) is 0.571. The summed E-state index contributed by atoms with van der Waals surface area (Å²) in [6, 6.07) is 4.81. The van der Waals surface area contributed by atoms with Crippen LogP contribution in [0.5, 0.6) is 0 Å². The zero-order chi connectivity index (χ0) is 15.3. The number of nitro benzene ring substituents is 1. The van der Waals surface area contributed by atoms with E-state index in [-0.39, 0.29) is 5.69 Å². The van der Waals surface area contributed by atoms with Gasteiger partial charge in [-0.1, -0.05) is 0 Å². The number of non-ortho nitro benzene ring substituents is 1. The minimum Gasteiger partial charge on any atom is -0.389 e. The van der Waals surface area contributed by atoms with E-state index in [4.69, 9.17) is 0 Å². The summed E-state index contributed by atoms with van der Waals surface area (Å²) in [5, 5.41) is 23.9. The molecule has 1 aromatic rings. The van der Waals surface area contributed by atoms with Crippen LogP contribution in [-0.2, 0) is 6.54 Å². The summed E-state index contributed by atoms with van der Waals surface area (Å²) in [5.41, 5.74) is 1.03. The van der Waals surface area contributed by atoms with Crippen molar-refractivity contribution in [3.05, 3.63) is 33.9 Å². The largest absolute Gasteiger partial charge is 0.389 e. The molecular weight excluding hydrogens is 258 g/mol. The molecule has 0 amide bonds. The molecule has 0 spiro atoms. The summed E-state index contributed by atoms with van der Waals surface area (Å²) in [6.07, 6.45) is 0. The van der Waals surface area contributed by atoms with E-state index in [1.807, 2.05) is 18.9 Å². The normalized spacial score (nSPS) is 11.7. The molecule has 1 aromatic carbocycles. The zero-order valence-electron chi connectivity index (χ0n) is 12.5. The average Bonchev–Trinajstić information content (AvgIpc) is 2.28. The predicted molar refractivity (Wildman–Crippen MR) is 79.9 cm³/mol. The van der Waals surface area contributed by atoms with Crippen molar-refractivity contribution in [1.29, 1.82) is 0 Å². The molecule has 0 atom stereocenters. The third-order valence-corrected chi connectivity index (χ3v) is 2.76. The number of nitrogens with zero attached hydrogens (tertiary/aromatic N) is 2. The highest BCUT2D eigenvalue weighted by Crippen LogP contribution is 2.23. The van der Waals surface area contributed by atoms with Gasteiger partial charge in [-0.05, 0) is 39.4 Å². The lowest BCUT2D eigenvalue weighted by Crippen LogP contribution is -2.35. The Bertz CT molecular complexity index is 469. The van der Waals surface area contributed by atoms with Crippen LogP contribution in [0.15, 0.2) is 18.2 Å². The highest BCUT2D eigenvalue weighted by atomic mass is 16.6. The maximum Gasteiger partial charge on any atom is 0.269 e. The molecule has 0 unspecified atom stereocenters. The van der Waals surface area contributed by atoms with Gasteiger partial charge in [0, 0.05) is 37.5 Å². The van der Waals surface area contributed by atoms with Crippen LogP contribution < -0.4 is 5.32 Å². The molecule has 112 valence electrons. The van der Waals surface area contributed by atoms with Gasteiger partial charge < -0.3 is 10.4 Å². The van der Waals surface area contributed by atoms with Gasteiger partial charge in [0.2, 0.25) is 0 Å².